The van der Waals surface area contributed by atoms with Crippen LogP contribution in [0.25, 0.3) is 66.1 Å². The van der Waals surface area contributed by atoms with Gasteiger partial charge >= 0.3 is 0 Å². The van der Waals surface area contributed by atoms with Gasteiger partial charge in [-0.25, -0.2) is 0 Å². The Kier molecular flexibility index (Phi) is 5.56. The van der Waals surface area contributed by atoms with Crippen molar-refractivity contribution in [2.24, 2.45) is 0 Å². The van der Waals surface area contributed by atoms with E-state index in [4.69, 9.17) is 0 Å². The molecular formula is C39H21N5. The topological polar surface area (TPSA) is 81.2 Å². The van der Waals surface area contributed by atoms with Crippen molar-refractivity contribution in [1.29, 1.82) is 15.8 Å². The molecule has 0 saturated heterocycles. The molecule has 0 aliphatic heterocycles. The molecule has 0 unspecified atom stereocenters. The van der Waals surface area contributed by atoms with E-state index < -0.39 is 0 Å². The summed E-state index contributed by atoms with van der Waals surface area (Å²) < 4.78 is 4.36. The summed E-state index contributed by atoms with van der Waals surface area (Å²) in [6.45, 7) is 0. The van der Waals surface area contributed by atoms with E-state index in [-0.39, 0.29) is 0 Å². The lowest BCUT2D eigenvalue weighted by Gasteiger charge is -2.13. The Labute approximate surface area is 252 Å². The van der Waals surface area contributed by atoms with Crippen molar-refractivity contribution in [3.8, 4) is 40.7 Å². The van der Waals surface area contributed by atoms with E-state index in [0.717, 1.165) is 66.1 Å². The number of benzene rings is 6. The highest BCUT2D eigenvalue weighted by atomic mass is 15.0. The molecule has 0 aliphatic carbocycles. The highest BCUT2D eigenvalue weighted by Crippen LogP contribution is 2.41. The van der Waals surface area contributed by atoms with Crippen LogP contribution in [0.2, 0.25) is 0 Å². The van der Waals surface area contributed by atoms with Gasteiger partial charge in [-0.3, -0.25) is 0 Å². The van der Waals surface area contributed by atoms with Crippen molar-refractivity contribution in [3.05, 3.63) is 144 Å². The van der Waals surface area contributed by atoms with Crippen LogP contribution in [0.4, 0.5) is 0 Å². The van der Waals surface area contributed by atoms with Gasteiger partial charge in [-0.2, -0.15) is 15.8 Å². The summed E-state index contributed by atoms with van der Waals surface area (Å²) in [5.74, 6) is 0. The first-order valence-corrected chi connectivity index (χ1v) is 14.2. The van der Waals surface area contributed by atoms with Crippen molar-refractivity contribution in [2.45, 2.75) is 0 Å². The van der Waals surface area contributed by atoms with Crippen LogP contribution in [-0.2, 0) is 0 Å². The fourth-order valence-electron chi connectivity index (χ4n) is 6.52. The van der Waals surface area contributed by atoms with Crippen LogP contribution >= 0.6 is 0 Å². The maximum atomic E-state index is 9.90. The van der Waals surface area contributed by atoms with Gasteiger partial charge in [0.2, 0.25) is 0 Å². The minimum Gasteiger partial charge on any atom is -0.309 e. The number of hydrogen-bond donors (Lipinski definition) is 0. The maximum absolute atomic E-state index is 9.90. The fraction of sp³-hybridized carbons (Fsp3) is 0. The molecule has 0 bridgehead atoms. The molecular weight excluding hydrogens is 538 g/mol. The van der Waals surface area contributed by atoms with Crippen LogP contribution in [0, 0.1) is 34.0 Å². The zero-order chi connectivity index (χ0) is 29.8. The first kappa shape index (κ1) is 25.1. The summed E-state index contributed by atoms with van der Waals surface area (Å²) in [5.41, 5.74) is 9.63. The third kappa shape index (κ3) is 3.63. The Morgan fingerprint density at radius 2 is 1.14 bits per heavy atom. The molecule has 202 valence electrons. The second-order valence-corrected chi connectivity index (χ2v) is 10.8. The normalized spacial score (nSPS) is 11.1. The van der Waals surface area contributed by atoms with Gasteiger partial charge in [0.15, 0.2) is 0 Å². The van der Waals surface area contributed by atoms with Crippen LogP contribution < -0.4 is 0 Å². The van der Waals surface area contributed by atoms with Gasteiger partial charge in [-0.15, -0.1) is 0 Å². The van der Waals surface area contributed by atoms with Crippen molar-refractivity contribution >= 4 is 43.6 Å². The first-order valence-electron chi connectivity index (χ1n) is 14.2. The molecule has 0 aliphatic rings. The fourth-order valence-corrected chi connectivity index (χ4v) is 6.52. The van der Waals surface area contributed by atoms with Gasteiger partial charge in [-0.05, 0) is 72.3 Å². The van der Waals surface area contributed by atoms with E-state index in [2.05, 4.69) is 75.9 Å². The van der Waals surface area contributed by atoms with Gasteiger partial charge in [0.1, 0.15) is 6.07 Å². The van der Waals surface area contributed by atoms with Crippen molar-refractivity contribution < 1.29 is 0 Å². The van der Waals surface area contributed by atoms with Crippen LogP contribution in [-0.4, -0.2) is 9.13 Å². The average Bonchev–Trinajstić information content (AvgIpc) is 3.60. The number of para-hydroxylation sites is 3. The number of hydrogen-bond acceptors (Lipinski definition) is 3. The molecule has 44 heavy (non-hydrogen) atoms. The molecule has 0 fully saturated rings. The van der Waals surface area contributed by atoms with Crippen molar-refractivity contribution in [1.82, 2.24) is 9.13 Å². The molecule has 0 atom stereocenters. The molecule has 2 aromatic heterocycles. The van der Waals surface area contributed by atoms with Gasteiger partial charge in [0.05, 0.1) is 56.6 Å². The minimum atomic E-state index is 0.579. The summed E-state index contributed by atoms with van der Waals surface area (Å²) in [7, 11) is 0. The molecule has 2 heterocycles. The monoisotopic (exact) mass is 559 g/mol. The molecule has 0 saturated carbocycles. The van der Waals surface area contributed by atoms with Gasteiger partial charge in [0.25, 0.3) is 0 Å². The summed E-state index contributed by atoms with van der Waals surface area (Å²) in [5, 5.41) is 33.5. The van der Waals surface area contributed by atoms with E-state index in [1.54, 1.807) is 6.07 Å². The molecule has 5 nitrogen and oxygen atoms in total. The summed E-state index contributed by atoms with van der Waals surface area (Å²) in [6.07, 6.45) is 0. The van der Waals surface area contributed by atoms with Crippen LogP contribution in [0.1, 0.15) is 16.7 Å². The predicted octanol–water partition coefficient (Wildman–Crippen LogP) is 9.16. The highest BCUT2D eigenvalue weighted by molar-refractivity contribution is 6.16. The number of aromatic nitrogens is 2. The lowest BCUT2D eigenvalue weighted by atomic mass is 9.99. The number of fused-ring (bicyclic) bond motifs is 6. The smallest absolute Gasteiger partial charge is 0.101 e. The largest absolute Gasteiger partial charge is 0.309 e. The Morgan fingerprint density at radius 1 is 0.455 bits per heavy atom. The Balaban J connectivity index is 1.46. The van der Waals surface area contributed by atoms with Crippen LogP contribution in [0.5, 0.6) is 0 Å². The molecule has 6 aromatic carbocycles. The second kappa shape index (κ2) is 9.74. The zero-order valence-electron chi connectivity index (χ0n) is 23.4. The summed E-state index contributed by atoms with van der Waals surface area (Å²) >= 11 is 0. The average molecular weight is 560 g/mol. The molecule has 5 heteroatoms. The third-order valence-electron chi connectivity index (χ3n) is 8.40. The number of rotatable bonds is 3. The van der Waals surface area contributed by atoms with Gasteiger partial charge < -0.3 is 9.13 Å². The van der Waals surface area contributed by atoms with Crippen molar-refractivity contribution in [3.63, 3.8) is 0 Å². The SMILES string of the molecule is N#Cc1cccc(-n2c3ccc(C#N)cc3c3cccc(-c4ccc5c(c4)c4ccccc4n5-c4ccccc4C#N)c32)c1. The Hall–Kier alpha value is -6.61. The summed E-state index contributed by atoms with van der Waals surface area (Å²) in [6, 6.07) is 49.1. The van der Waals surface area contributed by atoms with E-state index >= 15 is 0 Å². The van der Waals surface area contributed by atoms with E-state index in [1.807, 2.05) is 72.8 Å². The lowest BCUT2D eigenvalue weighted by Crippen LogP contribution is -1.97. The highest BCUT2D eigenvalue weighted by Gasteiger charge is 2.19. The van der Waals surface area contributed by atoms with E-state index in [1.165, 1.54) is 0 Å². The minimum absolute atomic E-state index is 0.579. The molecule has 0 amide bonds. The van der Waals surface area contributed by atoms with E-state index in [9.17, 15) is 15.8 Å². The van der Waals surface area contributed by atoms with Gasteiger partial charge in [-0.1, -0.05) is 60.7 Å². The number of nitrogens with zero attached hydrogens (tertiary/aromatic N) is 5. The maximum Gasteiger partial charge on any atom is 0.101 e. The quantitative estimate of drug-likeness (QED) is 0.216. The van der Waals surface area contributed by atoms with E-state index in [0.29, 0.717) is 16.7 Å². The molecule has 0 radical (unpaired) electrons. The summed E-state index contributed by atoms with van der Waals surface area (Å²) in [4.78, 5) is 0. The zero-order valence-corrected chi connectivity index (χ0v) is 23.4. The third-order valence-corrected chi connectivity index (χ3v) is 8.40. The standard InChI is InChI=1S/C39H21N5/c40-22-25-7-5-9-29(19-25)43-37-17-15-26(23-41)20-33(37)32-12-6-11-30(39(32)43)27-16-18-38-34(21-27)31-10-2-4-14-36(31)44(38)35-13-3-1-8-28(35)24-42/h1-21H. The van der Waals surface area contributed by atoms with Crippen LogP contribution in [0.15, 0.2) is 127 Å². The molecule has 8 rings (SSSR count). The van der Waals surface area contributed by atoms with Crippen molar-refractivity contribution in [2.75, 3.05) is 0 Å². The first-order chi connectivity index (χ1) is 21.7. The molecule has 0 N–H and O–H groups in total. The van der Waals surface area contributed by atoms with Crippen LogP contribution in [0.3, 0.4) is 0 Å². The molecule has 8 aromatic rings. The van der Waals surface area contributed by atoms with Gasteiger partial charge in [0, 0.05) is 32.8 Å². The Bertz CT molecular complexity index is 2600. The Morgan fingerprint density at radius 3 is 2.00 bits per heavy atom. The lowest BCUT2D eigenvalue weighted by molar-refractivity contribution is 1.17. The predicted molar refractivity (Wildman–Crippen MR) is 175 cm³/mol. The second-order valence-electron chi connectivity index (χ2n) is 10.8. The molecule has 0 spiro atoms. The number of nitriles is 3.